The Bertz CT molecular complexity index is 697. The van der Waals surface area contributed by atoms with Crippen LogP contribution < -0.4 is 0 Å². The molecule has 0 fully saturated rings. The molecule has 1 aromatic heterocycles. The number of aryl methyl sites for hydroxylation is 1. The van der Waals surface area contributed by atoms with Crippen LogP contribution in [0.1, 0.15) is 34.6 Å². The number of hydrogen-bond acceptors (Lipinski definition) is 1. The number of ketones is 1. The highest BCUT2D eigenvalue weighted by atomic mass is 79.9. The highest BCUT2D eigenvalue weighted by molar-refractivity contribution is 9.10. The molecule has 0 N–H and O–H groups in total. The van der Waals surface area contributed by atoms with Crippen LogP contribution in [0, 0.1) is 12.8 Å². The van der Waals surface area contributed by atoms with Crippen LogP contribution in [0.5, 0.6) is 0 Å². The molecule has 0 bridgehead atoms. The van der Waals surface area contributed by atoms with Gasteiger partial charge < -0.3 is 4.57 Å². The van der Waals surface area contributed by atoms with Crippen molar-refractivity contribution < 1.29 is 4.79 Å². The maximum atomic E-state index is 12.6. The molecular weight excluding hydrogens is 326 g/mol. The van der Waals surface area contributed by atoms with Gasteiger partial charge in [-0.1, -0.05) is 22.0 Å². The molecule has 108 valence electrons. The summed E-state index contributed by atoms with van der Waals surface area (Å²) in [7, 11) is 0. The van der Waals surface area contributed by atoms with Crippen LogP contribution in [0.4, 0.5) is 0 Å². The molecule has 3 rings (SSSR count). The third kappa shape index (κ3) is 2.51. The summed E-state index contributed by atoms with van der Waals surface area (Å²) in [6.07, 6.45) is 4.49. The Morgan fingerprint density at radius 1 is 1.38 bits per heavy atom. The van der Waals surface area contributed by atoms with E-state index < -0.39 is 0 Å². The number of carbonyl (C=O) groups excluding carboxylic acids is 1. The van der Waals surface area contributed by atoms with E-state index in [4.69, 9.17) is 0 Å². The lowest BCUT2D eigenvalue weighted by Crippen LogP contribution is -2.22. The molecule has 3 heteroatoms. The molecule has 0 aliphatic heterocycles. The highest BCUT2D eigenvalue weighted by Gasteiger charge is 2.30. The van der Waals surface area contributed by atoms with Gasteiger partial charge in [0.2, 0.25) is 0 Å². The van der Waals surface area contributed by atoms with Gasteiger partial charge in [-0.25, -0.2) is 0 Å². The molecule has 1 heterocycles. The predicted octanol–water partition coefficient (Wildman–Crippen LogP) is 4.87. The molecule has 0 amide bonds. The van der Waals surface area contributed by atoms with E-state index in [2.05, 4.69) is 46.1 Å². The predicted molar refractivity (Wildman–Crippen MR) is 89.2 cm³/mol. The fraction of sp³-hybridized carbons (Fsp3) is 0.278. The fourth-order valence-electron chi connectivity index (χ4n) is 3.19. The summed E-state index contributed by atoms with van der Waals surface area (Å²) in [4.78, 5) is 12.6. The van der Waals surface area contributed by atoms with Crippen LogP contribution in [0.15, 0.2) is 47.5 Å². The summed E-state index contributed by atoms with van der Waals surface area (Å²) >= 11 is 3.46. The zero-order chi connectivity index (χ0) is 15.0. The van der Waals surface area contributed by atoms with E-state index in [1.165, 1.54) is 0 Å². The first-order valence-electron chi connectivity index (χ1n) is 7.24. The number of allylic oxidation sites excluding steroid dienone is 1. The standard InChI is InChI=1S/C18H18BrNO/c1-3-4-13-5-10-17-16(18(13)21)11-12(2)20(17)15-8-6-14(19)7-9-15/h3,6-9,11,13H,1,4-5,10H2,2H3. The number of benzene rings is 1. The molecule has 21 heavy (non-hydrogen) atoms. The number of halogens is 1. The Kier molecular flexibility index (Phi) is 3.85. The molecule has 0 radical (unpaired) electrons. The van der Waals surface area contributed by atoms with Crippen molar-refractivity contribution in [3.05, 3.63) is 64.4 Å². The topological polar surface area (TPSA) is 22.0 Å². The van der Waals surface area contributed by atoms with Crippen LogP contribution in [-0.2, 0) is 6.42 Å². The van der Waals surface area contributed by atoms with Gasteiger partial charge in [0.15, 0.2) is 5.78 Å². The molecule has 1 aliphatic carbocycles. The first-order chi connectivity index (χ1) is 10.1. The second-order valence-corrected chi connectivity index (χ2v) is 6.50. The van der Waals surface area contributed by atoms with Crippen LogP contribution in [-0.4, -0.2) is 10.4 Å². The zero-order valence-electron chi connectivity index (χ0n) is 12.1. The Balaban J connectivity index is 2.06. The first-order valence-corrected chi connectivity index (χ1v) is 8.03. The summed E-state index contributed by atoms with van der Waals surface area (Å²) < 4.78 is 3.27. The molecule has 2 aromatic rings. The van der Waals surface area contributed by atoms with Gasteiger partial charge in [0.25, 0.3) is 0 Å². The summed E-state index contributed by atoms with van der Waals surface area (Å²) in [5, 5.41) is 0. The van der Waals surface area contributed by atoms with Gasteiger partial charge in [0.05, 0.1) is 0 Å². The van der Waals surface area contributed by atoms with Crippen LogP contribution in [0.3, 0.4) is 0 Å². The third-order valence-electron chi connectivity index (χ3n) is 4.19. The molecule has 2 nitrogen and oxygen atoms in total. The summed E-state index contributed by atoms with van der Waals surface area (Å²) in [5.41, 5.74) is 4.29. The van der Waals surface area contributed by atoms with Crippen molar-refractivity contribution in [3.8, 4) is 5.69 Å². The third-order valence-corrected chi connectivity index (χ3v) is 4.72. The Morgan fingerprint density at radius 3 is 2.76 bits per heavy atom. The lowest BCUT2D eigenvalue weighted by atomic mass is 9.84. The number of aromatic nitrogens is 1. The average Bonchev–Trinajstić information content (AvgIpc) is 2.80. The molecule has 1 aromatic carbocycles. The molecule has 1 atom stereocenters. The Morgan fingerprint density at radius 2 is 2.10 bits per heavy atom. The SMILES string of the molecule is C=CCC1CCc2c(cc(C)n2-c2ccc(Br)cc2)C1=O. The van der Waals surface area contributed by atoms with Crippen LogP contribution in [0.2, 0.25) is 0 Å². The van der Waals surface area contributed by atoms with Gasteiger partial charge in [-0.05, 0) is 56.5 Å². The van der Waals surface area contributed by atoms with E-state index in [9.17, 15) is 4.79 Å². The average molecular weight is 344 g/mol. The van der Waals surface area contributed by atoms with E-state index in [1.807, 2.05) is 24.3 Å². The minimum absolute atomic E-state index is 0.107. The van der Waals surface area contributed by atoms with Gasteiger partial charge in [-0.15, -0.1) is 6.58 Å². The number of rotatable bonds is 3. The molecule has 0 saturated heterocycles. The lowest BCUT2D eigenvalue weighted by Gasteiger charge is -2.22. The second-order valence-electron chi connectivity index (χ2n) is 5.58. The van der Waals surface area contributed by atoms with Gasteiger partial charge in [-0.3, -0.25) is 4.79 Å². The van der Waals surface area contributed by atoms with Crippen molar-refractivity contribution in [2.75, 3.05) is 0 Å². The Hall–Kier alpha value is -1.61. The number of hydrogen-bond donors (Lipinski definition) is 0. The van der Waals surface area contributed by atoms with Crippen molar-refractivity contribution in [3.63, 3.8) is 0 Å². The van der Waals surface area contributed by atoms with E-state index in [1.54, 1.807) is 0 Å². The normalized spacial score (nSPS) is 17.6. The van der Waals surface area contributed by atoms with Crippen molar-refractivity contribution in [2.24, 2.45) is 5.92 Å². The maximum absolute atomic E-state index is 12.6. The molecule has 0 saturated carbocycles. The summed E-state index contributed by atoms with van der Waals surface area (Å²) in [6, 6.07) is 10.3. The van der Waals surface area contributed by atoms with Gasteiger partial charge in [0, 0.05) is 33.0 Å². The summed E-state index contributed by atoms with van der Waals surface area (Å²) in [6.45, 7) is 5.83. The van der Waals surface area contributed by atoms with Crippen LogP contribution in [0.25, 0.3) is 5.69 Å². The smallest absolute Gasteiger partial charge is 0.168 e. The van der Waals surface area contributed by atoms with Crippen molar-refractivity contribution >= 4 is 21.7 Å². The largest absolute Gasteiger partial charge is 0.317 e. The highest BCUT2D eigenvalue weighted by Crippen LogP contribution is 2.32. The van der Waals surface area contributed by atoms with Gasteiger partial charge >= 0.3 is 0 Å². The van der Waals surface area contributed by atoms with E-state index in [0.717, 1.165) is 46.4 Å². The van der Waals surface area contributed by atoms with Crippen molar-refractivity contribution in [1.29, 1.82) is 0 Å². The van der Waals surface area contributed by atoms with Gasteiger partial charge in [-0.2, -0.15) is 0 Å². The Labute approximate surface area is 133 Å². The minimum atomic E-state index is 0.107. The molecule has 0 spiro atoms. The molecule has 1 aliphatic rings. The number of Topliss-reactive ketones (excluding diaryl/α,β-unsaturated/α-hetero) is 1. The second kappa shape index (κ2) is 5.64. The lowest BCUT2D eigenvalue weighted by molar-refractivity contribution is 0.0903. The number of nitrogens with zero attached hydrogens (tertiary/aromatic N) is 1. The van der Waals surface area contributed by atoms with Crippen molar-refractivity contribution in [1.82, 2.24) is 4.57 Å². The van der Waals surface area contributed by atoms with E-state index >= 15 is 0 Å². The fourth-order valence-corrected chi connectivity index (χ4v) is 3.45. The van der Waals surface area contributed by atoms with E-state index in [-0.39, 0.29) is 11.7 Å². The first kappa shape index (κ1) is 14.3. The summed E-state index contributed by atoms with van der Waals surface area (Å²) in [5.74, 6) is 0.380. The minimum Gasteiger partial charge on any atom is -0.317 e. The van der Waals surface area contributed by atoms with Gasteiger partial charge in [0.1, 0.15) is 0 Å². The molecule has 1 unspecified atom stereocenters. The zero-order valence-corrected chi connectivity index (χ0v) is 13.7. The maximum Gasteiger partial charge on any atom is 0.168 e. The van der Waals surface area contributed by atoms with E-state index in [0.29, 0.717) is 0 Å². The quantitative estimate of drug-likeness (QED) is 0.728. The monoisotopic (exact) mass is 343 g/mol. The number of fused-ring (bicyclic) bond motifs is 1. The van der Waals surface area contributed by atoms with Crippen LogP contribution >= 0.6 is 15.9 Å². The number of carbonyl (C=O) groups is 1. The molecular formula is C18H18BrNO. The van der Waals surface area contributed by atoms with Crippen molar-refractivity contribution in [2.45, 2.75) is 26.2 Å².